The molecule has 2 aromatic rings. The first-order valence-electron chi connectivity index (χ1n) is 9.51. The highest BCUT2D eigenvalue weighted by atomic mass is 35.5. The third-order valence-electron chi connectivity index (χ3n) is 5.10. The number of nitrogens with zero attached hydrogens (tertiary/aromatic N) is 1. The lowest BCUT2D eigenvalue weighted by atomic mass is 9.94. The van der Waals surface area contributed by atoms with Crippen LogP contribution in [-0.4, -0.2) is 22.8 Å². The van der Waals surface area contributed by atoms with E-state index in [2.05, 4.69) is 5.32 Å². The van der Waals surface area contributed by atoms with E-state index in [-0.39, 0.29) is 22.7 Å². The monoisotopic (exact) mass is 396 g/mol. The Hall–Kier alpha value is -2.79. The van der Waals surface area contributed by atoms with Crippen molar-refractivity contribution in [2.75, 3.05) is 5.32 Å². The van der Waals surface area contributed by atoms with E-state index in [9.17, 15) is 9.59 Å². The van der Waals surface area contributed by atoms with Crippen molar-refractivity contribution in [2.45, 2.75) is 38.1 Å². The predicted octanol–water partition coefficient (Wildman–Crippen LogP) is 5.04. The number of anilines is 1. The molecule has 1 saturated carbocycles. The van der Waals surface area contributed by atoms with Gasteiger partial charge >= 0.3 is 0 Å². The summed E-state index contributed by atoms with van der Waals surface area (Å²) in [7, 11) is 0. The number of hydrogen-bond acceptors (Lipinski definition) is 4. The second-order valence-electron chi connectivity index (χ2n) is 7.03. The molecule has 144 valence electrons. The van der Waals surface area contributed by atoms with Gasteiger partial charge in [0.25, 0.3) is 11.8 Å². The van der Waals surface area contributed by atoms with Crippen LogP contribution >= 0.6 is 11.6 Å². The third kappa shape index (κ3) is 3.76. The molecule has 1 heterocycles. The number of benzene rings is 2. The fourth-order valence-corrected chi connectivity index (χ4v) is 3.89. The fraction of sp³-hybridized carbons (Fsp3) is 0.273. The summed E-state index contributed by atoms with van der Waals surface area (Å²) in [6.45, 7) is 0. The Bertz CT molecular complexity index is 903. The second-order valence-corrected chi connectivity index (χ2v) is 7.40. The quantitative estimate of drug-likeness (QED) is 0.719. The SMILES string of the molecule is O=C1C(Cl)=C(Nc2ccc(Oc3ccccc3)cc2)C(=O)N1C1CCCCC1. The van der Waals surface area contributed by atoms with E-state index in [1.165, 1.54) is 4.90 Å². The van der Waals surface area contributed by atoms with Gasteiger partial charge in [0, 0.05) is 11.7 Å². The highest BCUT2D eigenvalue weighted by molar-refractivity contribution is 6.48. The van der Waals surface area contributed by atoms with Gasteiger partial charge in [-0.1, -0.05) is 49.1 Å². The van der Waals surface area contributed by atoms with E-state index in [0.717, 1.165) is 37.9 Å². The number of hydrogen-bond donors (Lipinski definition) is 1. The summed E-state index contributed by atoms with van der Waals surface area (Å²) in [5.74, 6) is 0.680. The molecule has 28 heavy (non-hydrogen) atoms. The van der Waals surface area contributed by atoms with Crippen molar-refractivity contribution in [3.05, 3.63) is 65.3 Å². The molecule has 1 aliphatic heterocycles. The number of imide groups is 1. The maximum Gasteiger partial charge on any atom is 0.279 e. The van der Waals surface area contributed by atoms with E-state index in [1.54, 1.807) is 24.3 Å². The lowest BCUT2D eigenvalue weighted by Crippen LogP contribution is -2.42. The molecule has 0 spiro atoms. The number of rotatable bonds is 5. The van der Waals surface area contributed by atoms with Gasteiger partial charge in [0.1, 0.15) is 22.2 Å². The first-order valence-corrected chi connectivity index (χ1v) is 9.89. The molecule has 2 aromatic carbocycles. The van der Waals surface area contributed by atoms with Gasteiger partial charge < -0.3 is 10.1 Å². The first-order chi connectivity index (χ1) is 13.6. The molecule has 5 nitrogen and oxygen atoms in total. The van der Waals surface area contributed by atoms with Crippen molar-refractivity contribution in [2.24, 2.45) is 0 Å². The highest BCUT2D eigenvalue weighted by Crippen LogP contribution is 2.32. The van der Waals surface area contributed by atoms with E-state index in [1.807, 2.05) is 30.3 Å². The summed E-state index contributed by atoms with van der Waals surface area (Å²) in [6, 6.07) is 16.6. The van der Waals surface area contributed by atoms with Gasteiger partial charge in [-0.15, -0.1) is 0 Å². The van der Waals surface area contributed by atoms with Crippen LogP contribution in [0.1, 0.15) is 32.1 Å². The zero-order chi connectivity index (χ0) is 19.5. The zero-order valence-corrected chi connectivity index (χ0v) is 16.1. The molecule has 1 aliphatic carbocycles. The van der Waals surface area contributed by atoms with Gasteiger partial charge in [-0.3, -0.25) is 14.5 Å². The summed E-state index contributed by atoms with van der Waals surface area (Å²) in [5.41, 5.74) is 0.814. The van der Waals surface area contributed by atoms with Crippen LogP contribution in [0.25, 0.3) is 0 Å². The summed E-state index contributed by atoms with van der Waals surface area (Å²) in [6.07, 6.45) is 4.91. The Morgan fingerprint density at radius 1 is 0.857 bits per heavy atom. The van der Waals surface area contributed by atoms with E-state index in [0.29, 0.717) is 11.4 Å². The smallest absolute Gasteiger partial charge is 0.279 e. The number of amides is 2. The van der Waals surface area contributed by atoms with Crippen LogP contribution in [0.2, 0.25) is 0 Å². The minimum atomic E-state index is -0.398. The molecule has 0 bridgehead atoms. The van der Waals surface area contributed by atoms with Gasteiger partial charge in [0.15, 0.2) is 0 Å². The van der Waals surface area contributed by atoms with Crippen molar-refractivity contribution in [3.63, 3.8) is 0 Å². The van der Waals surface area contributed by atoms with Crippen molar-refractivity contribution in [1.82, 2.24) is 4.90 Å². The van der Waals surface area contributed by atoms with E-state index < -0.39 is 5.91 Å². The minimum absolute atomic E-state index is 0.0415. The molecule has 1 N–H and O–H groups in total. The van der Waals surface area contributed by atoms with Crippen LogP contribution in [0, 0.1) is 0 Å². The number of halogens is 1. The maximum atomic E-state index is 12.8. The molecule has 1 fully saturated rings. The van der Waals surface area contributed by atoms with E-state index >= 15 is 0 Å². The molecular weight excluding hydrogens is 376 g/mol. The van der Waals surface area contributed by atoms with Crippen LogP contribution in [0.4, 0.5) is 5.69 Å². The summed E-state index contributed by atoms with van der Waals surface area (Å²) < 4.78 is 5.76. The van der Waals surface area contributed by atoms with Crippen molar-refractivity contribution in [1.29, 1.82) is 0 Å². The average Bonchev–Trinajstić information content (AvgIpc) is 2.94. The number of carbonyl (C=O) groups is 2. The van der Waals surface area contributed by atoms with Crippen LogP contribution in [0.15, 0.2) is 65.3 Å². The Kier molecular flexibility index (Phi) is 5.35. The number of carbonyl (C=O) groups excluding carboxylic acids is 2. The molecule has 0 radical (unpaired) electrons. The number of ether oxygens (including phenoxy) is 1. The molecule has 0 atom stereocenters. The lowest BCUT2D eigenvalue weighted by molar-refractivity contribution is -0.140. The molecule has 6 heteroatoms. The topological polar surface area (TPSA) is 58.6 Å². The Morgan fingerprint density at radius 2 is 1.50 bits per heavy atom. The summed E-state index contributed by atoms with van der Waals surface area (Å²) in [4.78, 5) is 26.7. The fourth-order valence-electron chi connectivity index (χ4n) is 3.67. The van der Waals surface area contributed by atoms with Gasteiger partial charge in [0.2, 0.25) is 0 Å². The van der Waals surface area contributed by atoms with E-state index in [4.69, 9.17) is 16.3 Å². The van der Waals surface area contributed by atoms with Gasteiger partial charge in [0.05, 0.1) is 0 Å². The van der Waals surface area contributed by atoms with Crippen LogP contribution in [-0.2, 0) is 9.59 Å². The second kappa shape index (κ2) is 8.07. The lowest BCUT2D eigenvalue weighted by Gasteiger charge is -2.29. The van der Waals surface area contributed by atoms with Crippen LogP contribution in [0.3, 0.4) is 0 Å². The molecule has 0 unspecified atom stereocenters. The zero-order valence-electron chi connectivity index (χ0n) is 15.4. The highest BCUT2D eigenvalue weighted by Gasteiger charge is 2.42. The average molecular weight is 397 g/mol. The third-order valence-corrected chi connectivity index (χ3v) is 5.45. The van der Waals surface area contributed by atoms with Crippen LogP contribution < -0.4 is 10.1 Å². The summed E-state index contributed by atoms with van der Waals surface area (Å²) >= 11 is 6.21. The minimum Gasteiger partial charge on any atom is -0.457 e. The number of para-hydroxylation sites is 1. The molecule has 0 saturated heterocycles. The first kappa shape index (κ1) is 18.6. The van der Waals surface area contributed by atoms with Gasteiger partial charge in [-0.05, 0) is 49.2 Å². The Labute approximate surface area is 168 Å². The molecule has 0 aromatic heterocycles. The Morgan fingerprint density at radius 3 is 2.18 bits per heavy atom. The molecule has 4 rings (SSSR count). The van der Waals surface area contributed by atoms with Crippen molar-refractivity contribution >= 4 is 29.1 Å². The maximum absolute atomic E-state index is 12.8. The largest absolute Gasteiger partial charge is 0.457 e. The van der Waals surface area contributed by atoms with Crippen molar-refractivity contribution in [3.8, 4) is 11.5 Å². The molecule has 2 amide bonds. The summed E-state index contributed by atoms with van der Waals surface area (Å²) in [5, 5.41) is 2.97. The standard InChI is InChI=1S/C22H21ClN2O3/c23-19-20(22(27)25(21(19)26)16-7-3-1-4-8-16)24-15-11-13-18(14-12-15)28-17-9-5-2-6-10-17/h2,5-6,9-14,16,24H,1,3-4,7-8H2. The van der Waals surface area contributed by atoms with Crippen molar-refractivity contribution < 1.29 is 14.3 Å². The predicted molar refractivity (Wildman–Crippen MR) is 108 cm³/mol. The van der Waals surface area contributed by atoms with Gasteiger partial charge in [-0.25, -0.2) is 0 Å². The normalized spacial score (nSPS) is 18.0. The van der Waals surface area contributed by atoms with Gasteiger partial charge in [-0.2, -0.15) is 0 Å². The Balaban J connectivity index is 1.46. The van der Waals surface area contributed by atoms with Crippen LogP contribution in [0.5, 0.6) is 11.5 Å². The molecule has 2 aliphatic rings. The molecular formula is C22H21ClN2O3. The number of nitrogens with one attached hydrogen (secondary N) is 1.